The SMILES string of the molecule is O=C1Nc2ccc(NC3CC3)cc2-c2nc3cc(N4CCN(c5ccc(F)cc5)CC4)ccc3n2C1Cc1c[nH]c2ccccc12. The van der Waals surface area contributed by atoms with Crippen LogP contribution in [0.2, 0.25) is 0 Å². The van der Waals surface area contributed by atoms with E-state index >= 15 is 0 Å². The summed E-state index contributed by atoms with van der Waals surface area (Å²) in [7, 11) is 0. The summed E-state index contributed by atoms with van der Waals surface area (Å²) in [5.74, 6) is 0.535. The van der Waals surface area contributed by atoms with E-state index in [-0.39, 0.29) is 11.7 Å². The molecule has 0 bridgehead atoms. The number of H-pyrrole nitrogens is 1. The van der Waals surface area contributed by atoms with Crippen LogP contribution in [0.1, 0.15) is 24.4 Å². The van der Waals surface area contributed by atoms with Crippen molar-refractivity contribution in [3.8, 4) is 11.4 Å². The Bertz CT molecular complexity index is 2100. The van der Waals surface area contributed by atoms with Crippen molar-refractivity contribution >= 4 is 50.6 Å². The second-order valence-electron chi connectivity index (χ2n) is 12.7. The van der Waals surface area contributed by atoms with Gasteiger partial charge in [0.1, 0.15) is 17.7 Å². The number of carbonyl (C=O) groups excluding carboxylic acids is 1. The molecule has 1 saturated heterocycles. The molecule has 0 radical (unpaired) electrons. The van der Waals surface area contributed by atoms with E-state index in [1.165, 1.54) is 25.0 Å². The number of aromatic amines is 1. The van der Waals surface area contributed by atoms with Crippen molar-refractivity contribution in [2.24, 2.45) is 0 Å². The Morgan fingerprint density at radius 2 is 1.63 bits per heavy atom. The van der Waals surface area contributed by atoms with E-state index in [0.717, 1.165) is 87.8 Å². The average Bonchev–Trinajstić information content (AvgIpc) is 3.71. The number of piperazine rings is 1. The number of nitrogens with one attached hydrogen (secondary N) is 3. The Balaban J connectivity index is 1.10. The predicted octanol–water partition coefficient (Wildman–Crippen LogP) is 6.96. The second kappa shape index (κ2) is 10.7. The maximum atomic E-state index is 14.1. The fourth-order valence-corrected chi connectivity index (χ4v) is 7.08. The molecule has 230 valence electrons. The zero-order chi connectivity index (χ0) is 30.8. The zero-order valence-corrected chi connectivity index (χ0v) is 25.3. The molecule has 2 fully saturated rings. The molecule has 1 aliphatic carbocycles. The van der Waals surface area contributed by atoms with Crippen molar-refractivity contribution in [3.05, 3.63) is 103 Å². The third kappa shape index (κ3) is 4.74. The first-order chi connectivity index (χ1) is 22.6. The van der Waals surface area contributed by atoms with Crippen molar-refractivity contribution in [2.45, 2.75) is 31.3 Å². The van der Waals surface area contributed by atoms with E-state index in [2.05, 4.69) is 66.4 Å². The maximum Gasteiger partial charge on any atom is 0.247 e. The van der Waals surface area contributed by atoms with Gasteiger partial charge in [-0.25, -0.2) is 9.37 Å². The largest absolute Gasteiger partial charge is 0.382 e. The Hall–Kier alpha value is -5.31. The van der Waals surface area contributed by atoms with Crippen LogP contribution in [0.15, 0.2) is 91.1 Å². The van der Waals surface area contributed by atoms with Gasteiger partial charge in [-0.2, -0.15) is 0 Å². The van der Waals surface area contributed by atoms with Crippen LogP contribution in [0, 0.1) is 5.82 Å². The Labute approximate surface area is 265 Å². The average molecular weight is 612 g/mol. The van der Waals surface area contributed by atoms with Gasteiger partial charge >= 0.3 is 0 Å². The molecule has 3 N–H and O–H groups in total. The van der Waals surface area contributed by atoms with Crippen molar-refractivity contribution < 1.29 is 9.18 Å². The van der Waals surface area contributed by atoms with Crippen molar-refractivity contribution in [3.63, 3.8) is 0 Å². The predicted molar refractivity (Wildman–Crippen MR) is 182 cm³/mol. The number of carbonyl (C=O) groups is 1. The summed E-state index contributed by atoms with van der Waals surface area (Å²) in [5, 5.41) is 7.98. The molecular formula is C37H34FN7O. The topological polar surface area (TPSA) is 81.2 Å². The number of hydrogen-bond acceptors (Lipinski definition) is 5. The Kier molecular flexibility index (Phi) is 6.26. The van der Waals surface area contributed by atoms with Gasteiger partial charge in [-0.15, -0.1) is 0 Å². The standard InChI is InChI=1S/C37H34FN7O/c38-24-5-10-27(11-6-24)43-15-17-44(18-16-43)28-12-14-34-33(21-28)41-36-30-20-26(40-25-7-8-25)9-13-32(30)42-37(46)35(45(34)36)19-23-22-39-31-4-2-1-3-29(23)31/h1-6,9-14,20-22,25,35,39-40H,7-8,15-19H2,(H,42,46). The minimum atomic E-state index is -0.489. The fraction of sp³-hybridized carbons (Fsp3) is 0.243. The summed E-state index contributed by atoms with van der Waals surface area (Å²) < 4.78 is 15.6. The van der Waals surface area contributed by atoms with Gasteiger partial charge in [0, 0.05) is 78.4 Å². The van der Waals surface area contributed by atoms with Crippen LogP contribution in [-0.2, 0) is 11.2 Å². The first-order valence-corrected chi connectivity index (χ1v) is 16.1. The first-order valence-electron chi connectivity index (χ1n) is 16.1. The number of rotatable bonds is 6. The van der Waals surface area contributed by atoms with Gasteiger partial charge in [-0.3, -0.25) is 4.79 Å². The molecule has 1 unspecified atom stereocenters. The number of benzene rings is 4. The monoisotopic (exact) mass is 611 g/mol. The van der Waals surface area contributed by atoms with Crippen LogP contribution >= 0.6 is 0 Å². The molecule has 1 amide bonds. The molecule has 4 aromatic carbocycles. The highest BCUT2D eigenvalue weighted by molar-refractivity contribution is 6.02. The Morgan fingerprint density at radius 1 is 0.870 bits per heavy atom. The van der Waals surface area contributed by atoms with Crippen LogP contribution in [0.25, 0.3) is 33.3 Å². The number of anilines is 4. The molecule has 1 atom stereocenters. The molecule has 2 aliphatic heterocycles. The van der Waals surface area contributed by atoms with Crippen molar-refractivity contribution in [1.29, 1.82) is 0 Å². The van der Waals surface area contributed by atoms with Gasteiger partial charge in [0.15, 0.2) is 0 Å². The normalized spacial score (nSPS) is 17.9. The number of hydrogen-bond donors (Lipinski definition) is 3. The summed E-state index contributed by atoms with van der Waals surface area (Å²) in [4.78, 5) is 27.4. The lowest BCUT2D eigenvalue weighted by Crippen LogP contribution is -2.46. The molecule has 9 rings (SSSR count). The summed E-state index contributed by atoms with van der Waals surface area (Å²) >= 11 is 0. The van der Waals surface area contributed by atoms with Crippen molar-refractivity contribution in [2.75, 3.05) is 46.6 Å². The highest BCUT2D eigenvalue weighted by Gasteiger charge is 2.33. The summed E-state index contributed by atoms with van der Waals surface area (Å²) in [6.45, 7) is 3.39. The van der Waals surface area contributed by atoms with E-state index in [1.807, 2.05) is 42.6 Å². The van der Waals surface area contributed by atoms with E-state index in [9.17, 15) is 9.18 Å². The summed E-state index contributed by atoms with van der Waals surface area (Å²) in [5.41, 5.74) is 8.88. The van der Waals surface area contributed by atoms with E-state index in [1.54, 1.807) is 0 Å². The summed E-state index contributed by atoms with van der Waals surface area (Å²) in [6.07, 6.45) is 4.92. The lowest BCUT2D eigenvalue weighted by atomic mass is 10.0. The number of halogens is 1. The highest BCUT2D eigenvalue weighted by Crippen LogP contribution is 2.41. The van der Waals surface area contributed by atoms with Crippen LogP contribution < -0.4 is 20.4 Å². The lowest BCUT2D eigenvalue weighted by Gasteiger charge is -2.37. The molecule has 46 heavy (non-hydrogen) atoms. The molecular weight excluding hydrogens is 577 g/mol. The molecule has 2 aromatic heterocycles. The van der Waals surface area contributed by atoms with E-state index in [0.29, 0.717) is 12.5 Å². The number of imidazole rings is 1. The van der Waals surface area contributed by atoms with E-state index < -0.39 is 6.04 Å². The van der Waals surface area contributed by atoms with Gasteiger partial charge in [-0.1, -0.05) is 18.2 Å². The third-order valence-electron chi connectivity index (χ3n) is 9.68. The molecule has 3 aliphatic rings. The van der Waals surface area contributed by atoms with Gasteiger partial charge in [-0.05, 0) is 85.1 Å². The zero-order valence-electron chi connectivity index (χ0n) is 25.3. The molecule has 0 spiro atoms. The van der Waals surface area contributed by atoms with Gasteiger partial charge < -0.3 is 30.0 Å². The van der Waals surface area contributed by atoms with Crippen LogP contribution in [0.3, 0.4) is 0 Å². The first kappa shape index (κ1) is 27.0. The summed E-state index contributed by atoms with van der Waals surface area (Å²) in [6, 6.07) is 27.6. The number of nitrogens with zero attached hydrogens (tertiary/aromatic N) is 4. The van der Waals surface area contributed by atoms with Gasteiger partial charge in [0.25, 0.3) is 0 Å². The highest BCUT2D eigenvalue weighted by atomic mass is 19.1. The van der Waals surface area contributed by atoms with Crippen LogP contribution in [0.4, 0.5) is 27.1 Å². The number of fused-ring (bicyclic) bond motifs is 6. The van der Waals surface area contributed by atoms with E-state index in [4.69, 9.17) is 4.98 Å². The van der Waals surface area contributed by atoms with Gasteiger partial charge in [0.05, 0.1) is 16.7 Å². The smallest absolute Gasteiger partial charge is 0.247 e. The number of aromatic nitrogens is 3. The number of amides is 1. The molecule has 6 aromatic rings. The molecule has 8 nitrogen and oxygen atoms in total. The minimum Gasteiger partial charge on any atom is -0.382 e. The second-order valence-corrected chi connectivity index (χ2v) is 12.7. The number of para-hydroxylation sites is 1. The third-order valence-corrected chi connectivity index (χ3v) is 9.68. The molecule has 9 heteroatoms. The fourth-order valence-electron chi connectivity index (χ4n) is 7.08. The molecule has 4 heterocycles. The van der Waals surface area contributed by atoms with Gasteiger partial charge in [0.2, 0.25) is 5.91 Å². The minimum absolute atomic E-state index is 0.0477. The Morgan fingerprint density at radius 3 is 2.43 bits per heavy atom. The maximum absolute atomic E-state index is 14.1. The van der Waals surface area contributed by atoms with Crippen LogP contribution in [0.5, 0.6) is 0 Å². The van der Waals surface area contributed by atoms with Crippen LogP contribution in [-0.4, -0.2) is 52.7 Å². The lowest BCUT2D eigenvalue weighted by molar-refractivity contribution is -0.119. The molecule has 1 saturated carbocycles. The van der Waals surface area contributed by atoms with Crippen molar-refractivity contribution in [1.82, 2.24) is 14.5 Å². The quantitative estimate of drug-likeness (QED) is 0.190.